The summed E-state index contributed by atoms with van der Waals surface area (Å²) >= 11 is 0. The first-order valence-corrected chi connectivity index (χ1v) is 6.27. The average molecular weight is 250 g/mol. The highest BCUT2D eigenvalue weighted by Gasteiger charge is 2.26. The van der Waals surface area contributed by atoms with E-state index < -0.39 is 0 Å². The van der Waals surface area contributed by atoms with E-state index in [2.05, 4.69) is 13.8 Å². The topological polar surface area (TPSA) is 35.5 Å². The van der Waals surface area contributed by atoms with E-state index in [4.69, 9.17) is 9.47 Å². The van der Waals surface area contributed by atoms with Crippen LogP contribution in [0.15, 0.2) is 18.2 Å². The van der Waals surface area contributed by atoms with Gasteiger partial charge in [-0.3, -0.25) is 0 Å². The van der Waals surface area contributed by atoms with Gasteiger partial charge in [-0.05, 0) is 29.5 Å². The third-order valence-electron chi connectivity index (χ3n) is 3.42. The van der Waals surface area contributed by atoms with Crippen LogP contribution in [0.3, 0.4) is 0 Å². The molecule has 0 aliphatic carbocycles. The Labute approximate surface area is 109 Å². The Bertz CT molecular complexity index is 401. The first-order valence-electron chi connectivity index (χ1n) is 6.27. The Morgan fingerprint density at radius 1 is 1.22 bits per heavy atom. The molecule has 0 spiro atoms. The van der Waals surface area contributed by atoms with Crippen LogP contribution in [-0.4, -0.2) is 20.5 Å². The van der Waals surface area contributed by atoms with Gasteiger partial charge in [0.25, 0.3) is 0 Å². The van der Waals surface area contributed by atoms with Crippen molar-refractivity contribution in [2.75, 3.05) is 14.2 Å². The SMILES string of the molecule is CCC[C@](C)(CC=O)c1ccc(OC)c(OC)c1. The van der Waals surface area contributed by atoms with E-state index in [1.807, 2.05) is 18.2 Å². The molecular formula is C15H22O3. The molecule has 18 heavy (non-hydrogen) atoms. The first-order chi connectivity index (χ1) is 8.61. The minimum atomic E-state index is -0.129. The fraction of sp³-hybridized carbons (Fsp3) is 0.533. The molecule has 1 aromatic rings. The molecule has 3 heteroatoms. The smallest absolute Gasteiger partial charge is 0.161 e. The molecular weight excluding hydrogens is 228 g/mol. The maximum atomic E-state index is 10.9. The summed E-state index contributed by atoms with van der Waals surface area (Å²) < 4.78 is 10.5. The molecule has 1 rings (SSSR count). The van der Waals surface area contributed by atoms with Gasteiger partial charge < -0.3 is 14.3 Å². The van der Waals surface area contributed by atoms with Gasteiger partial charge >= 0.3 is 0 Å². The molecule has 0 amide bonds. The molecule has 3 nitrogen and oxygen atoms in total. The van der Waals surface area contributed by atoms with Gasteiger partial charge in [0.05, 0.1) is 14.2 Å². The van der Waals surface area contributed by atoms with Crippen LogP contribution in [0, 0.1) is 0 Å². The summed E-state index contributed by atoms with van der Waals surface area (Å²) in [5.74, 6) is 1.43. The van der Waals surface area contributed by atoms with E-state index in [1.54, 1.807) is 14.2 Å². The summed E-state index contributed by atoms with van der Waals surface area (Å²) in [6, 6.07) is 5.88. The van der Waals surface area contributed by atoms with E-state index in [9.17, 15) is 4.79 Å². The van der Waals surface area contributed by atoms with Crippen LogP contribution in [0.5, 0.6) is 11.5 Å². The van der Waals surface area contributed by atoms with Gasteiger partial charge in [0.1, 0.15) is 6.29 Å². The third-order valence-corrected chi connectivity index (χ3v) is 3.42. The van der Waals surface area contributed by atoms with Gasteiger partial charge in [-0.2, -0.15) is 0 Å². The standard InChI is InChI=1S/C15H22O3/c1-5-8-15(2,9-10-16)12-6-7-13(17-3)14(11-12)18-4/h6-7,10-11H,5,8-9H2,1-4H3/t15-/m1/s1. The van der Waals surface area contributed by atoms with Crippen molar-refractivity contribution in [1.82, 2.24) is 0 Å². The lowest BCUT2D eigenvalue weighted by Gasteiger charge is -2.28. The van der Waals surface area contributed by atoms with E-state index in [0.717, 1.165) is 24.7 Å². The largest absolute Gasteiger partial charge is 0.493 e. The number of rotatable bonds is 7. The highest BCUT2D eigenvalue weighted by Crippen LogP contribution is 2.37. The number of hydrogen-bond acceptors (Lipinski definition) is 3. The lowest BCUT2D eigenvalue weighted by Crippen LogP contribution is -2.22. The average Bonchev–Trinajstić information content (AvgIpc) is 2.38. The van der Waals surface area contributed by atoms with Gasteiger partial charge in [-0.25, -0.2) is 0 Å². The third kappa shape index (κ3) is 3.03. The maximum Gasteiger partial charge on any atom is 0.161 e. The van der Waals surface area contributed by atoms with Gasteiger partial charge in [-0.15, -0.1) is 0 Å². The Hall–Kier alpha value is -1.51. The van der Waals surface area contributed by atoms with E-state index >= 15 is 0 Å². The Kier molecular flexibility index (Phi) is 5.20. The highest BCUT2D eigenvalue weighted by molar-refractivity contribution is 5.54. The molecule has 100 valence electrons. The van der Waals surface area contributed by atoms with Crippen molar-refractivity contribution in [2.45, 2.75) is 38.5 Å². The zero-order valence-corrected chi connectivity index (χ0v) is 11.7. The predicted molar refractivity (Wildman–Crippen MR) is 72.5 cm³/mol. The molecule has 0 heterocycles. The summed E-state index contributed by atoms with van der Waals surface area (Å²) in [6.07, 6.45) is 3.53. The van der Waals surface area contributed by atoms with Crippen molar-refractivity contribution in [3.05, 3.63) is 23.8 Å². The lowest BCUT2D eigenvalue weighted by atomic mass is 9.76. The molecule has 0 fully saturated rings. The summed E-state index contributed by atoms with van der Waals surface area (Å²) in [4.78, 5) is 10.9. The molecule has 0 aliphatic rings. The lowest BCUT2D eigenvalue weighted by molar-refractivity contribution is -0.108. The van der Waals surface area contributed by atoms with Gasteiger partial charge in [-0.1, -0.05) is 26.3 Å². The number of hydrogen-bond donors (Lipinski definition) is 0. The normalized spacial score (nSPS) is 13.8. The van der Waals surface area contributed by atoms with Gasteiger partial charge in [0, 0.05) is 6.42 Å². The van der Waals surface area contributed by atoms with Gasteiger partial charge in [0.15, 0.2) is 11.5 Å². The Balaban J connectivity index is 3.16. The van der Waals surface area contributed by atoms with Crippen molar-refractivity contribution in [3.63, 3.8) is 0 Å². The van der Waals surface area contributed by atoms with Crippen molar-refractivity contribution < 1.29 is 14.3 Å². The van der Waals surface area contributed by atoms with Crippen molar-refractivity contribution in [2.24, 2.45) is 0 Å². The van der Waals surface area contributed by atoms with Crippen LogP contribution >= 0.6 is 0 Å². The fourth-order valence-corrected chi connectivity index (χ4v) is 2.31. The number of carbonyl (C=O) groups excluding carboxylic acids is 1. The number of ether oxygens (including phenoxy) is 2. The Morgan fingerprint density at radius 2 is 1.89 bits per heavy atom. The minimum Gasteiger partial charge on any atom is -0.493 e. The van der Waals surface area contributed by atoms with E-state index in [0.29, 0.717) is 17.9 Å². The zero-order chi connectivity index (χ0) is 13.6. The highest BCUT2D eigenvalue weighted by atomic mass is 16.5. The second-order valence-corrected chi connectivity index (χ2v) is 4.75. The summed E-state index contributed by atoms with van der Waals surface area (Å²) in [6.45, 7) is 4.25. The van der Waals surface area contributed by atoms with Gasteiger partial charge in [0.2, 0.25) is 0 Å². The molecule has 0 unspecified atom stereocenters. The van der Waals surface area contributed by atoms with Crippen LogP contribution < -0.4 is 9.47 Å². The minimum absolute atomic E-state index is 0.129. The monoisotopic (exact) mass is 250 g/mol. The second kappa shape index (κ2) is 6.43. The molecule has 0 radical (unpaired) electrons. The predicted octanol–water partition coefficient (Wildman–Crippen LogP) is 3.35. The molecule has 0 N–H and O–H groups in total. The number of carbonyl (C=O) groups is 1. The molecule has 0 aromatic heterocycles. The van der Waals surface area contributed by atoms with Crippen molar-refractivity contribution in [1.29, 1.82) is 0 Å². The van der Waals surface area contributed by atoms with E-state index in [-0.39, 0.29) is 5.41 Å². The Morgan fingerprint density at radius 3 is 2.39 bits per heavy atom. The van der Waals surface area contributed by atoms with Crippen LogP contribution in [0.25, 0.3) is 0 Å². The van der Waals surface area contributed by atoms with Crippen molar-refractivity contribution in [3.8, 4) is 11.5 Å². The van der Waals surface area contributed by atoms with Crippen LogP contribution in [0.4, 0.5) is 0 Å². The number of benzene rings is 1. The second-order valence-electron chi connectivity index (χ2n) is 4.75. The zero-order valence-electron chi connectivity index (χ0n) is 11.7. The molecule has 0 saturated carbocycles. The molecule has 1 aromatic carbocycles. The maximum absolute atomic E-state index is 10.9. The molecule has 1 atom stereocenters. The number of methoxy groups -OCH3 is 2. The molecule has 0 bridgehead atoms. The fourth-order valence-electron chi connectivity index (χ4n) is 2.31. The quantitative estimate of drug-likeness (QED) is 0.696. The van der Waals surface area contributed by atoms with Crippen LogP contribution in [0.2, 0.25) is 0 Å². The van der Waals surface area contributed by atoms with E-state index in [1.165, 1.54) is 0 Å². The van der Waals surface area contributed by atoms with Crippen LogP contribution in [-0.2, 0) is 10.2 Å². The van der Waals surface area contributed by atoms with Crippen molar-refractivity contribution >= 4 is 6.29 Å². The summed E-state index contributed by atoms with van der Waals surface area (Å²) in [5.41, 5.74) is 0.991. The first kappa shape index (κ1) is 14.6. The summed E-state index contributed by atoms with van der Waals surface area (Å²) in [5, 5.41) is 0. The molecule has 0 aliphatic heterocycles. The molecule has 0 saturated heterocycles. The summed E-state index contributed by atoms with van der Waals surface area (Å²) in [7, 11) is 3.24. The number of aldehydes is 1. The van der Waals surface area contributed by atoms with Crippen LogP contribution in [0.1, 0.15) is 38.7 Å².